The van der Waals surface area contributed by atoms with E-state index < -0.39 is 11.6 Å². The van der Waals surface area contributed by atoms with Crippen LogP contribution in [0.25, 0.3) is 16.9 Å². The summed E-state index contributed by atoms with van der Waals surface area (Å²) in [6.07, 6.45) is 0. The lowest BCUT2D eigenvalue weighted by Crippen LogP contribution is -2.01. The molecule has 0 amide bonds. The normalized spacial score (nSPS) is 10.8. The molecule has 0 saturated carbocycles. The summed E-state index contributed by atoms with van der Waals surface area (Å²) in [7, 11) is 0. The zero-order chi connectivity index (χ0) is 14.8. The lowest BCUT2D eigenvalue weighted by Gasteiger charge is -2.08. The zero-order valence-corrected chi connectivity index (χ0v) is 10.9. The molecule has 0 aliphatic carbocycles. The van der Waals surface area contributed by atoms with Crippen molar-refractivity contribution in [1.82, 2.24) is 15.0 Å². The van der Waals surface area contributed by atoms with Gasteiger partial charge in [0.2, 0.25) is 0 Å². The molecule has 0 radical (unpaired) electrons. The molecule has 0 spiro atoms. The molecular weight excluding hydrogens is 276 g/mol. The van der Waals surface area contributed by atoms with E-state index in [1.807, 2.05) is 0 Å². The maximum Gasteiger partial charge on any atom is 0.125 e. The van der Waals surface area contributed by atoms with Crippen molar-refractivity contribution in [3.8, 4) is 16.9 Å². The van der Waals surface area contributed by atoms with Crippen molar-refractivity contribution in [2.45, 2.75) is 6.61 Å². The van der Waals surface area contributed by atoms with Crippen molar-refractivity contribution in [1.29, 1.82) is 0 Å². The lowest BCUT2D eigenvalue weighted by atomic mass is 10.1. The molecule has 0 aliphatic rings. The highest BCUT2D eigenvalue weighted by Crippen LogP contribution is 2.26. The quantitative estimate of drug-likeness (QED) is 0.805. The Kier molecular flexibility index (Phi) is 3.45. The first-order chi connectivity index (χ1) is 10.2. The average Bonchev–Trinajstić information content (AvgIpc) is 2.91. The number of halogens is 2. The van der Waals surface area contributed by atoms with Gasteiger partial charge >= 0.3 is 0 Å². The van der Waals surface area contributed by atoms with Crippen LogP contribution in [0.1, 0.15) is 5.69 Å². The third-order valence-corrected chi connectivity index (χ3v) is 3.04. The van der Waals surface area contributed by atoms with E-state index in [4.69, 9.17) is 0 Å². The second-order valence-corrected chi connectivity index (χ2v) is 4.44. The Morgan fingerprint density at radius 2 is 1.71 bits per heavy atom. The van der Waals surface area contributed by atoms with E-state index in [1.165, 1.54) is 28.9 Å². The van der Waals surface area contributed by atoms with Gasteiger partial charge in [-0.3, -0.25) is 0 Å². The lowest BCUT2D eigenvalue weighted by molar-refractivity contribution is 0.277. The number of nitrogens with zero attached hydrogens (tertiary/aromatic N) is 3. The Bertz CT molecular complexity index is 786. The van der Waals surface area contributed by atoms with E-state index in [0.29, 0.717) is 22.6 Å². The summed E-state index contributed by atoms with van der Waals surface area (Å²) < 4.78 is 28.2. The van der Waals surface area contributed by atoms with Gasteiger partial charge in [0.05, 0.1) is 12.3 Å². The highest BCUT2D eigenvalue weighted by atomic mass is 19.1. The fraction of sp³-hybridized carbons (Fsp3) is 0.0667. The summed E-state index contributed by atoms with van der Waals surface area (Å²) in [6, 6.07) is 11.7. The maximum atomic E-state index is 13.4. The van der Waals surface area contributed by atoms with Crippen LogP contribution in [0.2, 0.25) is 0 Å². The topological polar surface area (TPSA) is 50.9 Å². The van der Waals surface area contributed by atoms with Gasteiger partial charge in [0, 0.05) is 5.56 Å². The largest absolute Gasteiger partial charge is 0.390 e. The van der Waals surface area contributed by atoms with E-state index in [9.17, 15) is 13.9 Å². The van der Waals surface area contributed by atoms with Crippen molar-refractivity contribution < 1.29 is 13.9 Å². The maximum absolute atomic E-state index is 13.4. The second kappa shape index (κ2) is 5.41. The fourth-order valence-electron chi connectivity index (χ4n) is 2.13. The Balaban J connectivity index is 2.21. The minimum absolute atomic E-state index is 0.296. The molecule has 6 heteroatoms. The van der Waals surface area contributed by atoms with Crippen molar-refractivity contribution in [2.24, 2.45) is 0 Å². The van der Waals surface area contributed by atoms with E-state index >= 15 is 0 Å². The van der Waals surface area contributed by atoms with Crippen LogP contribution in [0, 0.1) is 11.6 Å². The van der Waals surface area contributed by atoms with Gasteiger partial charge in [-0.1, -0.05) is 23.4 Å². The minimum Gasteiger partial charge on any atom is -0.390 e. The van der Waals surface area contributed by atoms with Gasteiger partial charge in [-0.25, -0.2) is 13.5 Å². The van der Waals surface area contributed by atoms with Crippen molar-refractivity contribution in [3.05, 3.63) is 65.9 Å². The summed E-state index contributed by atoms with van der Waals surface area (Å²) in [4.78, 5) is 0. The van der Waals surface area contributed by atoms with E-state index in [1.54, 1.807) is 24.3 Å². The van der Waals surface area contributed by atoms with Gasteiger partial charge in [0.25, 0.3) is 0 Å². The van der Waals surface area contributed by atoms with Gasteiger partial charge in [-0.05, 0) is 30.3 Å². The Labute approximate surface area is 119 Å². The molecule has 0 atom stereocenters. The molecule has 2 aromatic carbocycles. The van der Waals surface area contributed by atoms with Crippen LogP contribution in [0.15, 0.2) is 48.5 Å². The van der Waals surface area contributed by atoms with Crippen LogP contribution in [-0.2, 0) is 6.61 Å². The van der Waals surface area contributed by atoms with Gasteiger partial charge in [-0.15, -0.1) is 5.10 Å². The first-order valence-electron chi connectivity index (χ1n) is 6.26. The molecule has 4 nitrogen and oxygen atoms in total. The molecule has 0 fully saturated rings. The van der Waals surface area contributed by atoms with E-state index in [0.717, 1.165) is 0 Å². The monoisotopic (exact) mass is 287 g/mol. The molecule has 0 aliphatic heterocycles. The first-order valence-corrected chi connectivity index (χ1v) is 6.26. The van der Waals surface area contributed by atoms with Crippen LogP contribution in [0.4, 0.5) is 8.78 Å². The SMILES string of the molecule is OCc1nnn(-c2cccc(F)c2)c1-c1cccc(F)c1. The first kappa shape index (κ1) is 13.4. The number of rotatable bonds is 3. The Morgan fingerprint density at radius 3 is 2.38 bits per heavy atom. The van der Waals surface area contributed by atoms with Crippen LogP contribution < -0.4 is 0 Å². The van der Waals surface area contributed by atoms with Gasteiger partial charge in [0.1, 0.15) is 23.0 Å². The minimum atomic E-state index is -0.418. The van der Waals surface area contributed by atoms with Gasteiger partial charge < -0.3 is 5.11 Å². The highest BCUT2D eigenvalue weighted by Gasteiger charge is 2.16. The number of hydrogen-bond acceptors (Lipinski definition) is 3. The number of aliphatic hydroxyl groups excluding tert-OH is 1. The van der Waals surface area contributed by atoms with Crippen LogP contribution in [0.3, 0.4) is 0 Å². The zero-order valence-electron chi connectivity index (χ0n) is 10.9. The Hall–Kier alpha value is -2.60. The summed E-state index contributed by atoms with van der Waals surface area (Å²) >= 11 is 0. The Morgan fingerprint density at radius 1 is 1.00 bits per heavy atom. The van der Waals surface area contributed by atoms with Crippen LogP contribution >= 0.6 is 0 Å². The number of benzene rings is 2. The molecule has 0 unspecified atom stereocenters. The standard InChI is InChI=1S/C15H11F2N3O/c16-11-4-1-3-10(7-11)15-14(9-21)18-19-20(15)13-6-2-5-12(17)8-13/h1-8,21H,9H2. The fourth-order valence-corrected chi connectivity index (χ4v) is 2.13. The molecule has 3 aromatic rings. The summed E-state index contributed by atoms with van der Waals surface area (Å²) in [6.45, 7) is -0.346. The second-order valence-electron chi connectivity index (χ2n) is 4.44. The molecule has 0 bridgehead atoms. The van der Waals surface area contributed by atoms with Crippen molar-refractivity contribution in [2.75, 3.05) is 0 Å². The van der Waals surface area contributed by atoms with Gasteiger partial charge in [0.15, 0.2) is 0 Å². The van der Waals surface area contributed by atoms with Gasteiger partial charge in [-0.2, -0.15) is 0 Å². The number of aliphatic hydroxyl groups is 1. The molecule has 1 heterocycles. The van der Waals surface area contributed by atoms with Crippen LogP contribution in [0.5, 0.6) is 0 Å². The average molecular weight is 287 g/mol. The third-order valence-electron chi connectivity index (χ3n) is 3.04. The smallest absolute Gasteiger partial charge is 0.125 e. The molecule has 0 saturated heterocycles. The number of hydrogen-bond donors (Lipinski definition) is 1. The predicted molar refractivity (Wildman–Crippen MR) is 72.6 cm³/mol. The van der Waals surface area contributed by atoms with Crippen LogP contribution in [-0.4, -0.2) is 20.1 Å². The molecule has 21 heavy (non-hydrogen) atoms. The summed E-state index contributed by atoms with van der Waals surface area (Å²) in [5.74, 6) is -0.831. The molecule has 1 aromatic heterocycles. The molecular formula is C15H11F2N3O. The highest BCUT2D eigenvalue weighted by molar-refractivity contribution is 5.64. The summed E-state index contributed by atoms with van der Waals surface area (Å²) in [5, 5.41) is 17.2. The molecule has 3 rings (SSSR count). The predicted octanol–water partition coefficient (Wildman–Crippen LogP) is 2.70. The molecule has 106 valence electrons. The molecule has 1 N–H and O–H groups in total. The third kappa shape index (κ3) is 2.53. The van der Waals surface area contributed by atoms with E-state index in [2.05, 4.69) is 10.3 Å². The van der Waals surface area contributed by atoms with Crippen molar-refractivity contribution >= 4 is 0 Å². The summed E-state index contributed by atoms with van der Waals surface area (Å²) in [5.41, 5.74) is 1.68. The van der Waals surface area contributed by atoms with E-state index in [-0.39, 0.29) is 6.61 Å². The van der Waals surface area contributed by atoms with Crippen molar-refractivity contribution in [3.63, 3.8) is 0 Å². The number of aromatic nitrogens is 3.